The minimum absolute atomic E-state index is 0.326. The molecule has 2 nitrogen and oxygen atoms in total. The van der Waals surface area contributed by atoms with Gasteiger partial charge in [-0.05, 0) is 96.2 Å². The van der Waals surface area contributed by atoms with Crippen LogP contribution in [0.15, 0.2) is 72.8 Å². The van der Waals surface area contributed by atoms with Crippen molar-refractivity contribution in [1.29, 1.82) is 0 Å². The van der Waals surface area contributed by atoms with Gasteiger partial charge < -0.3 is 4.74 Å². The van der Waals surface area contributed by atoms with Crippen LogP contribution >= 0.6 is 11.3 Å². The number of carbonyl (C=O) groups is 1. The van der Waals surface area contributed by atoms with Crippen LogP contribution in [0.5, 0.6) is 5.75 Å². The first-order chi connectivity index (χ1) is 18.0. The normalized spacial score (nSPS) is 18.6. The number of thiophene rings is 1. The molecule has 1 aliphatic carbocycles. The SMILES string of the molecule is COc1ccc(-c2ccccc2)cc1CC[C@H](CC(=O)c1sc2ccccc2c1C)C1CCC(C)CC1. The van der Waals surface area contributed by atoms with Crippen LogP contribution in [0.3, 0.4) is 0 Å². The zero-order valence-electron chi connectivity index (χ0n) is 22.3. The molecule has 1 atom stereocenters. The molecule has 3 aromatic carbocycles. The molecule has 0 spiro atoms. The van der Waals surface area contributed by atoms with Gasteiger partial charge in [0.05, 0.1) is 12.0 Å². The molecule has 0 bridgehead atoms. The monoisotopic (exact) mass is 510 g/mol. The van der Waals surface area contributed by atoms with Crippen LogP contribution in [0.4, 0.5) is 0 Å². The van der Waals surface area contributed by atoms with E-state index in [-0.39, 0.29) is 0 Å². The summed E-state index contributed by atoms with van der Waals surface area (Å²) < 4.78 is 6.98. The molecular weight excluding hydrogens is 472 g/mol. The molecule has 0 aliphatic heterocycles. The molecule has 0 unspecified atom stereocenters. The second-order valence-electron chi connectivity index (χ2n) is 10.9. The third-order valence-electron chi connectivity index (χ3n) is 8.44. The number of fused-ring (bicyclic) bond motifs is 1. The maximum Gasteiger partial charge on any atom is 0.173 e. The third kappa shape index (κ3) is 5.83. The van der Waals surface area contributed by atoms with E-state index < -0.39 is 0 Å². The van der Waals surface area contributed by atoms with E-state index in [0.29, 0.717) is 24.0 Å². The molecule has 1 aliphatic rings. The first-order valence-electron chi connectivity index (χ1n) is 13.8. The van der Waals surface area contributed by atoms with E-state index in [9.17, 15) is 4.79 Å². The van der Waals surface area contributed by atoms with Gasteiger partial charge in [0.15, 0.2) is 5.78 Å². The molecule has 37 heavy (non-hydrogen) atoms. The molecule has 0 amide bonds. The molecule has 3 heteroatoms. The average Bonchev–Trinajstić information content (AvgIpc) is 3.28. The summed E-state index contributed by atoms with van der Waals surface area (Å²) in [7, 11) is 1.76. The highest BCUT2D eigenvalue weighted by molar-refractivity contribution is 7.21. The summed E-state index contributed by atoms with van der Waals surface area (Å²) in [6, 6.07) is 25.5. The van der Waals surface area contributed by atoms with Gasteiger partial charge in [0, 0.05) is 11.1 Å². The third-order valence-corrected chi connectivity index (χ3v) is 9.76. The molecular formula is C34H38O2S. The molecule has 0 radical (unpaired) electrons. The van der Waals surface area contributed by atoms with Crippen molar-refractivity contribution >= 4 is 27.2 Å². The highest BCUT2D eigenvalue weighted by Gasteiger charge is 2.29. The summed E-state index contributed by atoms with van der Waals surface area (Å²) in [6.07, 6.45) is 7.64. The lowest BCUT2D eigenvalue weighted by molar-refractivity contribution is 0.0922. The Bertz CT molecular complexity index is 1350. The Morgan fingerprint density at radius 1 is 0.946 bits per heavy atom. The molecule has 0 N–H and O–H groups in total. The van der Waals surface area contributed by atoms with Crippen LogP contribution in [0.25, 0.3) is 21.2 Å². The number of benzene rings is 3. The fraction of sp³-hybridized carbons (Fsp3) is 0.382. The summed E-state index contributed by atoms with van der Waals surface area (Å²) in [4.78, 5) is 14.7. The number of aryl methyl sites for hydroxylation is 2. The minimum Gasteiger partial charge on any atom is -0.496 e. The van der Waals surface area contributed by atoms with Crippen LogP contribution in [0, 0.1) is 24.7 Å². The number of hydrogen-bond acceptors (Lipinski definition) is 3. The van der Waals surface area contributed by atoms with E-state index in [2.05, 4.69) is 86.6 Å². The van der Waals surface area contributed by atoms with E-state index in [1.165, 1.54) is 52.5 Å². The maximum absolute atomic E-state index is 13.7. The smallest absolute Gasteiger partial charge is 0.173 e. The summed E-state index contributed by atoms with van der Waals surface area (Å²) >= 11 is 1.67. The van der Waals surface area contributed by atoms with Gasteiger partial charge in [-0.3, -0.25) is 4.79 Å². The Morgan fingerprint density at radius 2 is 1.68 bits per heavy atom. The van der Waals surface area contributed by atoms with Crippen LogP contribution in [0.1, 0.15) is 66.2 Å². The Balaban J connectivity index is 1.38. The van der Waals surface area contributed by atoms with Gasteiger partial charge in [0.1, 0.15) is 5.75 Å². The van der Waals surface area contributed by atoms with Crippen LogP contribution in [-0.4, -0.2) is 12.9 Å². The zero-order chi connectivity index (χ0) is 25.8. The Kier molecular flexibility index (Phi) is 8.10. The summed E-state index contributed by atoms with van der Waals surface area (Å²) in [5, 5.41) is 1.22. The Hall–Kier alpha value is -2.91. The van der Waals surface area contributed by atoms with Gasteiger partial charge in [0.25, 0.3) is 0 Å². The van der Waals surface area contributed by atoms with E-state index in [4.69, 9.17) is 4.74 Å². The number of hydrogen-bond donors (Lipinski definition) is 0. The molecule has 0 saturated heterocycles. The summed E-state index contributed by atoms with van der Waals surface area (Å²) in [5.41, 5.74) is 4.83. The number of Topliss-reactive ketones (excluding diaryl/α,β-unsaturated/α-hetero) is 1. The van der Waals surface area contributed by atoms with Gasteiger partial charge >= 0.3 is 0 Å². The van der Waals surface area contributed by atoms with E-state index in [0.717, 1.165) is 34.9 Å². The second-order valence-corrected chi connectivity index (χ2v) is 11.9. The first-order valence-corrected chi connectivity index (χ1v) is 14.6. The van der Waals surface area contributed by atoms with Crippen LogP contribution in [0.2, 0.25) is 0 Å². The predicted octanol–water partition coefficient (Wildman–Crippen LogP) is 9.53. The van der Waals surface area contributed by atoms with Gasteiger partial charge in [-0.2, -0.15) is 0 Å². The average molecular weight is 511 g/mol. The lowest BCUT2D eigenvalue weighted by Gasteiger charge is -2.33. The van der Waals surface area contributed by atoms with E-state index >= 15 is 0 Å². The number of carbonyl (C=O) groups excluding carboxylic acids is 1. The van der Waals surface area contributed by atoms with Crippen molar-refractivity contribution in [2.45, 2.75) is 58.8 Å². The fourth-order valence-electron chi connectivity index (χ4n) is 6.16. The van der Waals surface area contributed by atoms with Crippen molar-refractivity contribution in [3.05, 3.63) is 88.8 Å². The summed E-state index contributed by atoms with van der Waals surface area (Å²) in [5.74, 6) is 3.10. The minimum atomic E-state index is 0.326. The number of ether oxygens (including phenoxy) is 1. The summed E-state index contributed by atoms with van der Waals surface area (Å²) in [6.45, 7) is 4.49. The quantitative estimate of drug-likeness (QED) is 0.210. The molecule has 5 rings (SSSR count). The highest BCUT2D eigenvalue weighted by atomic mass is 32.1. The van der Waals surface area contributed by atoms with Crippen molar-refractivity contribution in [3.63, 3.8) is 0 Å². The molecule has 1 heterocycles. The van der Waals surface area contributed by atoms with E-state index in [1.54, 1.807) is 18.4 Å². The van der Waals surface area contributed by atoms with Crippen molar-refractivity contribution < 1.29 is 9.53 Å². The largest absolute Gasteiger partial charge is 0.496 e. The van der Waals surface area contributed by atoms with Crippen molar-refractivity contribution in [1.82, 2.24) is 0 Å². The molecule has 1 fully saturated rings. The van der Waals surface area contributed by atoms with Crippen molar-refractivity contribution in [2.24, 2.45) is 17.8 Å². The van der Waals surface area contributed by atoms with Crippen molar-refractivity contribution in [2.75, 3.05) is 7.11 Å². The number of ketones is 1. The number of methoxy groups -OCH3 is 1. The molecule has 4 aromatic rings. The van der Waals surface area contributed by atoms with Crippen LogP contribution < -0.4 is 4.74 Å². The molecule has 192 valence electrons. The maximum atomic E-state index is 13.7. The lowest BCUT2D eigenvalue weighted by atomic mass is 9.73. The highest BCUT2D eigenvalue weighted by Crippen LogP contribution is 2.40. The predicted molar refractivity (Wildman–Crippen MR) is 157 cm³/mol. The topological polar surface area (TPSA) is 26.3 Å². The standard InChI is InChI=1S/C34H38O2S/c1-23-13-15-26(16-14-23)28(22-31(35)34-24(2)30-11-7-8-12-33(30)37-34)17-18-29-21-27(19-20-32(29)36-3)25-9-5-4-6-10-25/h4-12,19-21,23,26,28H,13-18,22H2,1-3H3/t23?,26?,28-/m1/s1. The fourth-order valence-corrected chi connectivity index (χ4v) is 7.32. The van der Waals surface area contributed by atoms with Crippen molar-refractivity contribution in [3.8, 4) is 16.9 Å². The first kappa shape index (κ1) is 25.7. The Labute approximate surface area is 225 Å². The lowest BCUT2D eigenvalue weighted by Crippen LogP contribution is -2.24. The zero-order valence-corrected chi connectivity index (χ0v) is 23.2. The van der Waals surface area contributed by atoms with Gasteiger partial charge in [0.2, 0.25) is 0 Å². The second kappa shape index (κ2) is 11.6. The van der Waals surface area contributed by atoms with Gasteiger partial charge in [-0.15, -0.1) is 11.3 Å². The number of rotatable bonds is 9. The van der Waals surface area contributed by atoms with Gasteiger partial charge in [-0.1, -0.05) is 74.4 Å². The van der Waals surface area contributed by atoms with E-state index in [1.807, 2.05) is 0 Å². The van der Waals surface area contributed by atoms with Gasteiger partial charge in [-0.25, -0.2) is 0 Å². The molecule has 1 aromatic heterocycles. The van der Waals surface area contributed by atoms with Crippen LogP contribution in [-0.2, 0) is 6.42 Å². The molecule has 1 saturated carbocycles. The Morgan fingerprint density at radius 3 is 2.41 bits per heavy atom.